The Balaban J connectivity index is 1.74. The summed E-state index contributed by atoms with van der Waals surface area (Å²) in [6, 6.07) is 20.0. The molecule has 0 atom stereocenters. The summed E-state index contributed by atoms with van der Waals surface area (Å²) in [7, 11) is 2.12. The minimum Gasteiger partial charge on any atom is -0.351 e. The number of carbonyl (C=O) groups is 1. The van der Waals surface area contributed by atoms with Crippen LogP contribution in [0.1, 0.15) is 42.5 Å². The van der Waals surface area contributed by atoms with Gasteiger partial charge in [-0.05, 0) is 25.0 Å². The third kappa shape index (κ3) is 5.21. The number of amidine groups is 1. The molecular formula is C22H26N2OS. The molecule has 0 N–H and O–H groups in total. The highest BCUT2D eigenvalue weighted by molar-refractivity contribution is 8.14. The van der Waals surface area contributed by atoms with E-state index in [4.69, 9.17) is 4.99 Å². The molecule has 4 heteroatoms. The van der Waals surface area contributed by atoms with Crippen molar-refractivity contribution in [3.63, 3.8) is 0 Å². The second-order valence-electron chi connectivity index (χ2n) is 6.71. The van der Waals surface area contributed by atoms with Gasteiger partial charge in [-0.2, -0.15) is 0 Å². The Bertz CT molecular complexity index is 724. The van der Waals surface area contributed by atoms with Crippen LogP contribution in [0.4, 0.5) is 5.69 Å². The molecule has 0 heterocycles. The van der Waals surface area contributed by atoms with Gasteiger partial charge in [0.1, 0.15) is 0 Å². The second kappa shape index (κ2) is 9.58. The van der Waals surface area contributed by atoms with E-state index in [9.17, 15) is 4.79 Å². The molecule has 0 unspecified atom stereocenters. The Morgan fingerprint density at radius 3 is 2.27 bits per heavy atom. The number of Topliss-reactive ketones (excluding diaryl/α,β-unsaturated/α-hetero) is 1. The highest BCUT2D eigenvalue weighted by Crippen LogP contribution is 2.26. The average molecular weight is 367 g/mol. The second-order valence-corrected chi connectivity index (χ2v) is 7.65. The molecule has 136 valence electrons. The smallest absolute Gasteiger partial charge is 0.173 e. The molecule has 0 aromatic heterocycles. The number of benzene rings is 2. The summed E-state index contributed by atoms with van der Waals surface area (Å²) in [5.41, 5.74) is 1.70. The molecular weight excluding hydrogens is 340 g/mol. The third-order valence-electron chi connectivity index (χ3n) is 4.83. The van der Waals surface area contributed by atoms with Crippen LogP contribution in [0.25, 0.3) is 0 Å². The van der Waals surface area contributed by atoms with E-state index in [1.165, 1.54) is 32.1 Å². The van der Waals surface area contributed by atoms with Gasteiger partial charge < -0.3 is 4.90 Å². The Hall–Kier alpha value is -2.07. The van der Waals surface area contributed by atoms with Crippen LogP contribution in [0.5, 0.6) is 0 Å². The zero-order valence-electron chi connectivity index (χ0n) is 15.3. The Morgan fingerprint density at radius 1 is 1.00 bits per heavy atom. The van der Waals surface area contributed by atoms with Crippen LogP contribution in [0.15, 0.2) is 65.7 Å². The van der Waals surface area contributed by atoms with Crippen LogP contribution >= 0.6 is 11.8 Å². The normalized spacial score (nSPS) is 15.7. The maximum Gasteiger partial charge on any atom is 0.173 e. The topological polar surface area (TPSA) is 32.7 Å². The van der Waals surface area contributed by atoms with E-state index in [1.807, 2.05) is 60.7 Å². The van der Waals surface area contributed by atoms with Crippen molar-refractivity contribution in [1.29, 1.82) is 0 Å². The zero-order valence-corrected chi connectivity index (χ0v) is 16.1. The number of carbonyl (C=O) groups excluding carboxylic acids is 1. The third-order valence-corrected chi connectivity index (χ3v) is 5.88. The molecule has 0 radical (unpaired) electrons. The van der Waals surface area contributed by atoms with Crippen molar-refractivity contribution in [1.82, 2.24) is 4.90 Å². The van der Waals surface area contributed by atoms with Crippen LogP contribution in [0.3, 0.4) is 0 Å². The summed E-state index contributed by atoms with van der Waals surface area (Å²) in [5.74, 6) is 0.556. The van der Waals surface area contributed by atoms with E-state index >= 15 is 0 Å². The summed E-state index contributed by atoms with van der Waals surface area (Å²) in [6.07, 6.45) is 6.30. The van der Waals surface area contributed by atoms with Crippen molar-refractivity contribution < 1.29 is 4.79 Å². The van der Waals surface area contributed by atoms with Crippen LogP contribution in [-0.4, -0.2) is 34.7 Å². The first-order valence-corrected chi connectivity index (χ1v) is 10.3. The highest BCUT2D eigenvalue weighted by Gasteiger charge is 2.22. The molecule has 1 aliphatic rings. The molecule has 0 spiro atoms. The fraction of sp³-hybridized carbons (Fsp3) is 0.364. The van der Waals surface area contributed by atoms with Crippen LogP contribution < -0.4 is 0 Å². The number of nitrogens with zero attached hydrogens (tertiary/aromatic N) is 2. The molecule has 26 heavy (non-hydrogen) atoms. The molecule has 1 aliphatic carbocycles. The van der Waals surface area contributed by atoms with Crippen molar-refractivity contribution in [2.45, 2.75) is 38.1 Å². The van der Waals surface area contributed by atoms with E-state index < -0.39 is 0 Å². The summed E-state index contributed by atoms with van der Waals surface area (Å²) >= 11 is 1.55. The van der Waals surface area contributed by atoms with E-state index in [0.29, 0.717) is 11.8 Å². The summed E-state index contributed by atoms with van der Waals surface area (Å²) in [4.78, 5) is 19.6. The van der Waals surface area contributed by atoms with E-state index in [-0.39, 0.29) is 5.78 Å². The van der Waals surface area contributed by atoms with Gasteiger partial charge in [0, 0.05) is 18.7 Å². The van der Waals surface area contributed by atoms with Crippen LogP contribution in [0, 0.1) is 0 Å². The van der Waals surface area contributed by atoms with E-state index in [2.05, 4.69) is 11.9 Å². The van der Waals surface area contributed by atoms with Crippen LogP contribution in [0.2, 0.25) is 0 Å². The van der Waals surface area contributed by atoms with Gasteiger partial charge >= 0.3 is 0 Å². The molecule has 1 saturated carbocycles. The van der Waals surface area contributed by atoms with Crippen molar-refractivity contribution in [3.8, 4) is 0 Å². The first kappa shape index (κ1) is 18.7. The lowest BCUT2D eigenvalue weighted by Gasteiger charge is -2.33. The van der Waals surface area contributed by atoms with Gasteiger partial charge in [0.2, 0.25) is 0 Å². The first-order valence-electron chi connectivity index (χ1n) is 9.31. The molecule has 0 aliphatic heterocycles. The Kier molecular flexibility index (Phi) is 6.89. The molecule has 0 saturated heterocycles. The van der Waals surface area contributed by atoms with Gasteiger partial charge in [-0.3, -0.25) is 4.79 Å². The predicted octanol–water partition coefficient (Wildman–Crippen LogP) is 5.55. The number of aliphatic imine (C=N–C) groups is 1. The van der Waals surface area contributed by atoms with Crippen molar-refractivity contribution in [2.75, 3.05) is 12.8 Å². The molecule has 3 rings (SSSR count). The predicted molar refractivity (Wildman–Crippen MR) is 111 cm³/mol. The van der Waals surface area contributed by atoms with Crippen molar-refractivity contribution >= 4 is 28.4 Å². The van der Waals surface area contributed by atoms with Crippen LogP contribution in [-0.2, 0) is 0 Å². The lowest BCUT2D eigenvalue weighted by Crippen LogP contribution is -2.37. The first-order chi connectivity index (χ1) is 12.7. The van der Waals surface area contributed by atoms with Gasteiger partial charge in [0.25, 0.3) is 0 Å². The quantitative estimate of drug-likeness (QED) is 0.395. The maximum absolute atomic E-state index is 12.5. The number of rotatable bonds is 5. The lowest BCUT2D eigenvalue weighted by molar-refractivity contribution is 0.102. The number of para-hydroxylation sites is 1. The Morgan fingerprint density at radius 2 is 1.62 bits per heavy atom. The molecule has 0 bridgehead atoms. The van der Waals surface area contributed by atoms with Gasteiger partial charge in [-0.25, -0.2) is 4.99 Å². The minimum absolute atomic E-state index is 0.147. The SMILES string of the molecule is CN(C(=Nc1ccccc1)SCC(=O)c1ccccc1)C1CCCCC1. The molecule has 2 aromatic rings. The van der Waals surface area contributed by atoms with E-state index in [1.54, 1.807) is 11.8 Å². The van der Waals surface area contributed by atoms with Crippen molar-refractivity contribution in [2.24, 2.45) is 4.99 Å². The van der Waals surface area contributed by atoms with Gasteiger partial charge in [0.15, 0.2) is 11.0 Å². The van der Waals surface area contributed by atoms with Gasteiger partial charge in [0.05, 0.1) is 11.4 Å². The monoisotopic (exact) mass is 366 g/mol. The molecule has 3 nitrogen and oxygen atoms in total. The lowest BCUT2D eigenvalue weighted by atomic mass is 9.95. The molecule has 2 aromatic carbocycles. The number of hydrogen-bond acceptors (Lipinski definition) is 3. The number of hydrogen-bond donors (Lipinski definition) is 0. The summed E-state index contributed by atoms with van der Waals surface area (Å²) in [5, 5.41) is 0.937. The van der Waals surface area contributed by atoms with Gasteiger partial charge in [-0.15, -0.1) is 0 Å². The highest BCUT2D eigenvalue weighted by atomic mass is 32.2. The summed E-state index contributed by atoms with van der Waals surface area (Å²) in [6.45, 7) is 0. The van der Waals surface area contributed by atoms with Crippen molar-refractivity contribution in [3.05, 3.63) is 66.2 Å². The van der Waals surface area contributed by atoms with E-state index in [0.717, 1.165) is 16.4 Å². The average Bonchev–Trinajstić information content (AvgIpc) is 2.72. The molecule has 0 amide bonds. The molecule has 1 fully saturated rings. The number of ketones is 1. The van der Waals surface area contributed by atoms with Gasteiger partial charge in [-0.1, -0.05) is 79.6 Å². The fourth-order valence-corrected chi connectivity index (χ4v) is 4.24. The largest absolute Gasteiger partial charge is 0.351 e. The minimum atomic E-state index is 0.147. The number of thioether (sulfide) groups is 1. The Labute approximate surface area is 160 Å². The standard InChI is InChI=1S/C22H26N2OS/c1-24(20-15-9-4-10-16-20)22(23-19-13-7-3-8-14-19)26-17-21(25)18-11-5-2-6-12-18/h2-3,5-8,11-14,20H,4,9-10,15-17H2,1H3. The summed E-state index contributed by atoms with van der Waals surface area (Å²) < 4.78 is 0. The maximum atomic E-state index is 12.5. The zero-order chi connectivity index (χ0) is 18.2. The fourth-order valence-electron chi connectivity index (χ4n) is 3.29.